The van der Waals surface area contributed by atoms with Gasteiger partial charge in [0.1, 0.15) is 0 Å². The van der Waals surface area contributed by atoms with E-state index < -0.39 is 12.1 Å². The van der Waals surface area contributed by atoms with E-state index in [1.165, 1.54) is 6.42 Å². The van der Waals surface area contributed by atoms with E-state index in [1.54, 1.807) is 0 Å². The van der Waals surface area contributed by atoms with Crippen LogP contribution in [0, 0.1) is 23.2 Å². The molecule has 0 aromatic rings. The van der Waals surface area contributed by atoms with Gasteiger partial charge >= 0.3 is 19.3 Å². The lowest BCUT2D eigenvalue weighted by molar-refractivity contribution is -0.199. The quantitative estimate of drug-likeness (QED) is 0.711. The zero-order chi connectivity index (χ0) is 20.1. The van der Waals surface area contributed by atoms with Crippen molar-refractivity contribution in [2.45, 2.75) is 77.7 Å². The molecular weight excluding hydrogens is 366 g/mol. The minimum atomic E-state index is -5.08. The normalized spacial score (nSPS) is 34.6. The molecule has 0 aromatic carbocycles. The first-order chi connectivity index (χ1) is 11.7. The molecule has 4 fully saturated rings. The maximum atomic E-state index is 10.6. The first-order valence-electron chi connectivity index (χ1n) is 9.08. The SMILES string of the molecule is CC(C)C[C@H](N)B1O[C@@H]2C[C@@H]3C[C@@H](C3(C)C)[C@]2(C)O1.O.O=C(O)C(F)(F)F. The van der Waals surface area contributed by atoms with Gasteiger partial charge in [0.25, 0.3) is 0 Å². The van der Waals surface area contributed by atoms with E-state index in [0.717, 1.165) is 18.8 Å². The number of carboxylic acid groups (broad SMARTS) is 1. The van der Waals surface area contributed by atoms with E-state index >= 15 is 0 Å². The highest BCUT2D eigenvalue weighted by molar-refractivity contribution is 6.47. The fourth-order valence-electron chi connectivity index (χ4n) is 4.74. The third-order valence-electron chi connectivity index (χ3n) is 6.30. The Balaban J connectivity index is 0.000000395. The highest BCUT2D eigenvalue weighted by atomic mass is 19.4. The average molecular weight is 397 g/mol. The molecule has 0 amide bonds. The molecule has 1 heterocycles. The Morgan fingerprint density at radius 2 is 1.81 bits per heavy atom. The first kappa shape index (κ1) is 24.2. The van der Waals surface area contributed by atoms with Crippen LogP contribution in [0.25, 0.3) is 0 Å². The fourth-order valence-corrected chi connectivity index (χ4v) is 4.74. The molecule has 6 nitrogen and oxygen atoms in total. The molecule has 3 saturated carbocycles. The van der Waals surface area contributed by atoms with E-state index in [0.29, 0.717) is 17.3 Å². The molecule has 2 bridgehead atoms. The number of aliphatic carboxylic acids is 1. The second-order valence-electron chi connectivity index (χ2n) is 8.93. The van der Waals surface area contributed by atoms with Crippen molar-refractivity contribution in [3.8, 4) is 0 Å². The maximum Gasteiger partial charge on any atom is 0.490 e. The summed E-state index contributed by atoms with van der Waals surface area (Å²) in [6, 6.07) is 0. The zero-order valence-electron chi connectivity index (χ0n) is 16.5. The molecule has 0 spiro atoms. The molecule has 27 heavy (non-hydrogen) atoms. The summed E-state index contributed by atoms with van der Waals surface area (Å²) in [5, 5.41) is 7.12. The summed E-state index contributed by atoms with van der Waals surface area (Å²) in [4.78, 5) is 8.90. The van der Waals surface area contributed by atoms with Crippen molar-refractivity contribution in [1.29, 1.82) is 0 Å². The molecule has 5 N–H and O–H groups in total. The van der Waals surface area contributed by atoms with Gasteiger partial charge in [-0.3, -0.25) is 0 Å². The monoisotopic (exact) mass is 397 g/mol. The third kappa shape index (κ3) is 4.60. The van der Waals surface area contributed by atoms with Gasteiger partial charge < -0.3 is 25.6 Å². The molecule has 1 saturated heterocycles. The Bertz CT molecular complexity index is 545. The molecular formula is C17H31BF3NO5. The van der Waals surface area contributed by atoms with Crippen molar-refractivity contribution in [2.75, 3.05) is 0 Å². The maximum absolute atomic E-state index is 10.6. The van der Waals surface area contributed by atoms with Crippen LogP contribution in [-0.4, -0.2) is 47.5 Å². The number of alkyl halides is 3. The Hall–Kier alpha value is -0.835. The minimum absolute atomic E-state index is 0. The molecule has 158 valence electrons. The molecule has 4 aliphatic rings. The van der Waals surface area contributed by atoms with Gasteiger partial charge in [-0.05, 0) is 49.4 Å². The first-order valence-corrected chi connectivity index (χ1v) is 9.08. The van der Waals surface area contributed by atoms with E-state index in [2.05, 4.69) is 34.6 Å². The smallest absolute Gasteiger partial charge is 0.475 e. The van der Waals surface area contributed by atoms with Crippen molar-refractivity contribution < 1.29 is 37.9 Å². The zero-order valence-corrected chi connectivity index (χ0v) is 16.5. The largest absolute Gasteiger partial charge is 0.490 e. The van der Waals surface area contributed by atoms with Gasteiger partial charge in [0.15, 0.2) is 0 Å². The molecule has 5 atom stereocenters. The van der Waals surface area contributed by atoms with Crippen molar-refractivity contribution in [3.05, 3.63) is 0 Å². The number of carbonyl (C=O) groups is 1. The van der Waals surface area contributed by atoms with Gasteiger partial charge in [0, 0.05) is 5.94 Å². The average Bonchev–Trinajstić information content (AvgIpc) is 2.83. The summed E-state index contributed by atoms with van der Waals surface area (Å²) in [6.45, 7) is 11.4. The number of halogens is 3. The van der Waals surface area contributed by atoms with Gasteiger partial charge in [-0.25, -0.2) is 4.79 Å². The van der Waals surface area contributed by atoms with Crippen LogP contribution in [0.4, 0.5) is 13.2 Å². The molecule has 4 rings (SSSR count). The van der Waals surface area contributed by atoms with E-state index in [4.69, 9.17) is 24.9 Å². The van der Waals surface area contributed by atoms with Gasteiger partial charge in [0.05, 0.1) is 11.7 Å². The van der Waals surface area contributed by atoms with Crippen molar-refractivity contribution >= 4 is 13.1 Å². The predicted octanol–water partition coefficient (Wildman–Crippen LogP) is 2.44. The van der Waals surface area contributed by atoms with Crippen LogP contribution in [-0.2, 0) is 14.1 Å². The second kappa shape index (κ2) is 7.89. The molecule has 10 heteroatoms. The van der Waals surface area contributed by atoms with Crippen LogP contribution in [0.3, 0.4) is 0 Å². The minimum Gasteiger partial charge on any atom is -0.475 e. The van der Waals surface area contributed by atoms with E-state index in [1.807, 2.05) is 0 Å². The number of rotatable bonds is 3. The third-order valence-corrected chi connectivity index (χ3v) is 6.30. The van der Waals surface area contributed by atoms with Crippen molar-refractivity contribution in [1.82, 2.24) is 0 Å². The van der Waals surface area contributed by atoms with E-state index in [-0.39, 0.29) is 30.2 Å². The highest BCUT2D eigenvalue weighted by Crippen LogP contribution is 2.65. The molecule has 0 unspecified atom stereocenters. The molecule has 3 aliphatic carbocycles. The molecule has 0 radical (unpaired) electrons. The Labute approximate surface area is 158 Å². The Kier molecular flexibility index (Phi) is 7.07. The van der Waals surface area contributed by atoms with Gasteiger partial charge in [-0.2, -0.15) is 13.2 Å². The summed E-state index contributed by atoms with van der Waals surface area (Å²) in [5.74, 6) is -0.739. The lowest BCUT2D eigenvalue weighted by Crippen LogP contribution is -2.65. The summed E-state index contributed by atoms with van der Waals surface area (Å²) in [7, 11) is -0.201. The van der Waals surface area contributed by atoms with Gasteiger partial charge in [0.2, 0.25) is 0 Å². The lowest BCUT2D eigenvalue weighted by atomic mass is 9.43. The summed E-state index contributed by atoms with van der Waals surface area (Å²) < 4.78 is 44.3. The van der Waals surface area contributed by atoms with Gasteiger partial charge in [-0.15, -0.1) is 0 Å². The number of nitrogens with two attached hydrogens (primary N) is 1. The number of hydrogen-bond donors (Lipinski definition) is 2. The topological polar surface area (TPSA) is 113 Å². The lowest BCUT2D eigenvalue weighted by Gasteiger charge is -2.64. The second-order valence-corrected chi connectivity index (χ2v) is 8.93. The summed E-state index contributed by atoms with van der Waals surface area (Å²) in [5.41, 5.74) is 6.56. The standard InChI is InChI=1S/C15H28BNO2.C2HF3O2.H2O/c1-9(2)6-13(17)16-18-12-8-10-7-11(14(10,3)4)15(12,5)19-16;3-2(4,5)1(6)7;/h9-13H,6-8,17H2,1-5H3;(H,6,7);1H2/t10-,11-,12+,13-,15-;;/m0../s1. The predicted molar refractivity (Wildman–Crippen MR) is 94.8 cm³/mol. The van der Waals surface area contributed by atoms with Crippen LogP contribution in [0.15, 0.2) is 0 Å². The number of hydrogen-bond acceptors (Lipinski definition) is 4. The van der Waals surface area contributed by atoms with Crippen LogP contribution in [0.2, 0.25) is 0 Å². The summed E-state index contributed by atoms with van der Waals surface area (Å²) >= 11 is 0. The van der Waals surface area contributed by atoms with Crippen molar-refractivity contribution in [3.63, 3.8) is 0 Å². The van der Waals surface area contributed by atoms with Gasteiger partial charge in [-0.1, -0.05) is 27.7 Å². The van der Waals surface area contributed by atoms with Crippen LogP contribution in [0.1, 0.15) is 53.9 Å². The summed E-state index contributed by atoms with van der Waals surface area (Å²) in [6.07, 6.45) is -1.42. The Morgan fingerprint density at radius 1 is 1.30 bits per heavy atom. The fraction of sp³-hybridized carbons (Fsp3) is 0.941. The van der Waals surface area contributed by atoms with Crippen LogP contribution < -0.4 is 5.73 Å². The van der Waals surface area contributed by atoms with Crippen LogP contribution >= 0.6 is 0 Å². The highest BCUT2D eigenvalue weighted by Gasteiger charge is 2.68. The molecule has 0 aromatic heterocycles. The molecule has 1 aliphatic heterocycles. The Morgan fingerprint density at radius 3 is 2.22 bits per heavy atom. The van der Waals surface area contributed by atoms with E-state index in [9.17, 15) is 13.2 Å². The van der Waals surface area contributed by atoms with Crippen molar-refractivity contribution in [2.24, 2.45) is 28.9 Å². The number of carboxylic acids is 1. The van der Waals surface area contributed by atoms with Crippen LogP contribution in [0.5, 0.6) is 0 Å².